The van der Waals surface area contributed by atoms with E-state index in [1.54, 1.807) is 6.26 Å². The third-order valence-corrected chi connectivity index (χ3v) is 4.50. The molecule has 7 heteroatoms. The molecule has 0 atom stereocenters. The van der Waals surface area contributed by atoms with Crippen LogP contribution in [0.2, 0.25) is 0 Å². The summed E-state index contributed by atoms with van der Waals surface area (Å²) in [7, 11) is 0. The number of rotatable bonds is 9. The molecule has 0 bridgehead atoms. The molecular weight excluding hydrogens is 431 g/mol. The molecule has 6 nitrogen and oxygen atoms in total. The highest BCUT2D eigenvalue weighted by Gasteiger charge is 2.20. The van der Waals surface area contributed by atoms with E-state index in [-0.39, 0.29) is 24.0 Å². The molecule has 0 amide bonds. The molecule has 1 aliphatic heterocycles. The molecule has 2 fully saturated rings. The summed E-state index contributed by atoms with van der Waals surface area (Å²) in [4.78, 5) is 7.19. The Morgan fingerprint density at radius 2 is 2.00 bits per heavy atom. The van der Waals surface area contributed by atoms with Crippen molar-refractivity contribution < 1.29 is 9.15 Å². The fourth-order valence-corrected chi connectivity index (χ4v) is 2.79. The van der Waals surface area contributed by atoms with Crippen LogP contribution < -0.4 is 10.6 Å². The average molecular weight is 462 g/mol. The SMILES string of the molecule is I.c1coc(CCNC(=NCC2CC2)NCCCN2CCOCC2)c1. The van der Waals surface area contributed by atoms with Crippen molar-refractivity contribution in [2.75, 3.05) is 52.5 Å². The highest BCUT2D eigenvalue weighted by molar-refractivity contribution is 14.0. The van der Waals surface area contributed by atoms with Gasteiger partial charge in [-0.1, -0.05) is 0 Å². The number of ether oxygens (including phenoxy) is 1. The van der Waals surface area contributed by atoms with E-state index < -0.39 is 0 Å². The summed E-state index contributed by atoms with van der Waals surface area (Å²) >= 11 is 0. The Balaban J connectivity index is 0.00000225. The summed E-state index contributed by atoms with van der Waals surface area (Å²) in [5, 5.41) is 6.90. The molecule has 3 rings (SSSR count). The van der Waals surface area contributed by atoms with E-state index in [2.05, 4.69) is 15.5 Å². The third kappa shape index (κ3) is 8.42. The van der Waals surface area contributed by atoms with E-state index in [0.29, 0.717) is 0 Å². The predicted molar refractivity (Wildman–Crippen MR) is 111 cm³/mol. The lowest BCUT2D eigenvalue weighted by atomic mass is 10.3. The number of hydrogen-bond acceptors (Lipinski definition) is 4. The van der Waals surface area contributed by atoms with Gasteiger partial charge in [0.1, 0.15) is 5.76 Å². The van der Waals surface area contributed by atoms with E-state index in [1.807, 2.05) is 12.1 Å². The number of nitrogens with zero attached hydrogens (tertiary/aromatic N) is 2. The fourth-order valence-electron chi connectivity index (χ4n) is 2.79. The quantitative estimate of drug-likeness (QED) is 0.255. The smallest absolute Gasteiger partial charge is 0.191 e. The average Bonchev–Trinajstić information content (AvgIpc) is 3.30. The van der Waals surface area contributed by atoms with Crippen LogP contribution in [-0.4, -0.2) is 63.3 Å². The lowest BCUT2D eigenvalue weighted by Crippen LogP contribution is -2.41. The molecule has 1 aromatic rings. The fraction of sp³-hybridized carbons (Fsp3) is 0.722. The predicted octanol–water partition coefficient (Wildman–Crippen LogP) is 2.11. The maximum absolute atomic E-state index is 5.39. The second-order valence-corrected chi connectivity index (χ2v) is 6.62. The molecule has 142 valence electrons. The number of halogens is 1. The number of aliphatic imine (C=N–C) groups is 1. The molecular formula is C18H31IN4O2. The Bertz CT molecular complexity index is 485. The van der Waals surface area contributed by atoms with Crippen LogP contribution in [-0.2, 0) is 11.2 Å². The van der Waals surface area contributed by atoms with Gasteiger partial charge in [-0.15, -0.1) is 24.0 Å². The van der Waals surface area contributed by atoms with Crippen LogP contribution in [0.4, 0.5) is 0 Å². The molecule has 2 aliphatic rings. The maximum atomic E-state index is 5.39. The van der Waals surface area contributed by atoms with Crippen LogP contribution in [0.15, 0.2) is 27.8 Å². The number of guanidine groups is 1. The van der Waals surface area contributed by atoms with Gasteiger partial charge in [0, 0.05) is 39.1 Å². The molecule has 1 aromatic heterocycles. The second-order valence-electron chi connectivity index (χ2n) is 6.62. The van der Waals surface area contributed by atoms with Crippen LogP contribution in [0.25, 0.3) is 0 Å². The molecule has 1 saturated heterocycles. The number of nitrogens with one attached hydrogen (secondary N) is 2. The minimum absolute atomic E-state index is 0. The van der Waals surface area contributed by atoms with Crippen molar-refractivity contribution in [1.82, 2.24) is 15.5 Å². The van der Waals surface area contributed by atoms with Crippen LogP contribution in [0.3, 0.4) is 0 Å². The molecule has 0 radical (unpaired) electrons. The summed E-state index contributed by atoms with van der Waals surface area (Å²) in [6.07, 6.45) is 6.40. The van der Waals surface area contributed by atoms with E-state index in [9.17, 15) is 0 Å². The van der Waals surface area contributed by atoms with Gasteiger partial charge in [-0.25, -0.2) is 0 Å². The highest BCUT2D eigenvalue weighted by atomic mass is 127. The van der Waals surface area contributed by atoms with Crippen molar-refractivity contribution in [3.8, 4) is 0 Å². The largest absolute Gasteiger partial charge is 0.469 e. The van der Waals surface area contributed by atoms with Gasteiger partial charge in [0.2, 0.25) is 0 Å². The highest BCUT2D eigenvalue weighted by Crippen LogP contribution is 2.28. The Kier molecular flexibility index (Phi) is 9.64. The van der Waals surface area contributed by atoms with Gasteiger partial charge in [0.05, 0.1) is 19.5 Å². The zero-order valence-corrected chi connectivity index (χ0v) is 17.2. The van der Waals surface area contributed by atoms with Gasteiger partial charge in [0.15, 0.2) is 5.96 Å². The molecule has 2 heterocycles. The summed E-state index contributed by atoms with van der Waals surface area (Å²) in [6.45, 7) is 7.72. The van der Waals surface area contributed by atoms with Gasteiger partial charge < -0.3 is 19.8 Å². The van der Waals surface area contributed by atoms with Crippen molar-refractivity contribution in [1.29, 1.82) is 0 Å². The maximum Gasteiger partial charge on any atom is 0.191 e. The molecule has 0 unspecified atom stereocenters. The number of morpholine rings is 1. The van der Waals surface area contributed by atoms with Crippen molar-refractivity contribution in [2.24, 2.45) is 10.9 Å². The van der Waals surface area contributed by atoms with Gasteiger partial charge >= 0.3 is 0 Å². The first-order chi connectivity index (χ1) is 11.9. The minimum atomic E-state index is 0. The molecule has 25 heavy (non-hydrogen) atoms. The molecule has 0 spiro atoms. The Labute approximate surface area is 167 Å². The van der Waals surface area contributed by atoms with Crippen LogP contribution in [0.5, 0.6) is 0 Å². The summed E-state index contributed by atoms with van der Waals surface area (Å²) in [5.74, 6) is 2.76. The van der Waals surface area contributed by atoms with Gasteiger partial charge in [-0.3, -0.25) is 9.89 Å². The summed E-state index contributed by atoms with van der Waals surface area (Å²) in [5.41, 5.74) is 0. The number of hydrogen-bond donors (Lipinski definition) is 2. The Morgan fingerprint density at radius 3 is 2.72 bits per heavy atom. The molecule has 2 N–H and O–H groups in total. The summed E-state index contributed by atoms with van der Waals surface area (Å²) in [6, 6.07) is 3.94. The standard InChI is InChI=1S/C18H30N4O2.HI/c1-3-17(24-12-1)6-8-20-18(21-15-16-4-5-16)19-7-2-9-22-10-13-23-14-11-22;/h1,3,12,16H,2,4-11,13-15H2,(H2,19,20,21);1H. The van der Waals surface area contributed by atoms with Crippen LogP contribution >= 0.6 is 24.0 Å². The lowest BCUT2D eigenvalue weighted by molar-refractivity contribution is 0.0376. The van der Waals surface area contributed by atoms with Crippen molar-refractivity contribution >= 4 is 29.9 Å². The van der Waals surface area contributed by atoms with Crippen molar-refractivity contribution in [3.63, 3.8) is 0 Å². The topological polar surface area (TPSA) is 62.0 Å². The van der Waals surface area contributed by atoms with Gasteiger partial charge in [-0.2, -0.15) is 0 Å². The van der Waals surface area contributed by atoms with Crippen LogP contribution in [0.1, 0.15) is 25.0 Å². The van der Waals surface area contributed by atoms with E-state index >= 15 is 0 Å². The monoisotopic (exact) mass is 462 g/mol. The first kappa shape index (κ1) is 20.5. The minimum Gasteiger partial charge on any atom is -0.469 e. The Morgan fingerprint density at radius 1 is 1.20 bits per heavy atom. The van der Waals surface area contributed by atoms with Crippen LogP contribution in [0, 0.1) is 5.92 Å². The first-order valence-electron chi connectivity index (χ1n) is 9.25. The van der Waals surface area contributed by atoms with Gasteiger partial charge in [0.25, 0.3) is 0 Å². The van der Waals surface area contributed by atoms with Crippen molar-refractivity contribution in [2.45, 2.75) is 25.7 Å². The second kappa shape index (κ2) is 11.7. The van der Waals surface area contributed by atoms with Crippen molar-refractivity contribution in [3.05, 3.63) is 24.2 Å². The Hall–Kier alpha value is -0.800. The zero-order chi connectivity index (χ0) is 16.5. The number of furan rings is 1. The third-order valence-electron chi connectivity index (χ3n) is 4.50. The summed E-state index contributed by atoms with van der Waals surface area (Å²) < 4.78 is 10.8. The normalized spacial score (nSPS) is 18.6. The first-order valence-corrected chi connectivity index (χ1v) is 9.25. The van der Waals surface area contributed by atoms with Gasteiger partial charge in [-0.05, 0) is 43.9 Å². The zero-order valence-electron chi connectivity index (χ0n) is 14.9. The molecule has 1 saturated carbocycles. The van der Waals surface area contributed by atoms with E-state index in [1.165, 1.54) is 12.8 Å². The molecule has 0 aromatic carbocycles. The van der Waals surface area contributed by atoms with E-state index in [4.69, 9.17) is 14.1 Å². The van der Waals surface area contributed by atoms with E-state index in [0.717, 1.165) is 83.0 Å². The lowest BCUT2D eigenvalue weighted by Gasteiger charge is -2.26. The molecule has 1 aliphatic carbocycles.